The summed E-state index contributed by atoms with van der Waals surface area (Å²) in [4.78, 5) is 32.7. The van der Waals surface area contributed by atoms with Crippen LogP contribution in [0.3, 0.4) is 0 Å². The molecule has 0 rings (SSSR count). The Morgan fingerprint density at radius 1 is 1.17 bits per heavy atom. The third-order valence-corrected chi connectivity index (χ3v) is 2.13. The molecule has 0 aromatic rings. The minimum atomic E-state index is -0.878. The molecular weight excluding hydrogens is 236 g/mol. The first-order chi connectivity index (χ1) is 8.56. The highest BCUT2D eigenvalue weighted by molar-refractivity contribution is 5.94. The maximum absolute atomic E-state index is 11.3. The zero-order valence-electron chi connectivity index (χ0n) is 10.6. The van der Waals surface area contributed by atoms with Gasteiger partial charge in [0.1, 0.15) is 0 Å². The smallest absolute Gasteiger partial charge is 0.321 e. The maximum atomic E-state index is 11.3. The van der Waals surface area contributed by atoms with E-state index in [9.17, 15) is 14.4 Å². The molecule has 6 nitrogen and oxygen atoms in total. The van der Waals surface area contributed by atoms with Gasteiger partial charge in [-0.05, 0) is 26.2 Å². The SMILES string of the molecule is C/C=C/CCNC(=O)NC(=O)CCCCC(=O)O. The number of rotatable bonds is 8. The van der Waals surface area contributed by atoms with Crippen LogP contribution in [-0.4, -0.2) is 29.6 Å². The van der Waals surface area contributed by atoms with Crippen molar-refractivity contribution in [2.75, 3.05) is 6.54 Å². The lowest BCUT2D eigenvalue weighted by molar-refractivity contribution is -0.137. The summed E-state index contributed by atoms with van der Waals surface area (Å²) in [5.41, 5.74) is 0. The first-order valence-corrected chi connectivity index (χ1v) is 5.97. The molecule has 0 bridgehead atoms. The lowest BCUT2D eigenvalue weighted by Gasteiger charge is -2.05. The molecule has 0 aromatic carbocycles. The lowest BCUT2D eigenvalue weighted by atomic mass is 10.2. The van der Waals surface area contributed by atoms with Gasteiger partial charge in [0, 0.05) is 19.4 Å². The number of urea groups is 1. The summed E-state index contributed by atoms with van der Waals surface area (Å²) in [6.45, 7) is 2.36. The Balaban J connectivity index is 3.55. The summed E-state index contributed by atoms with van der Waals surface area (Å²) in [7, 11) is 0. The number of carbonyl (C=O) groups excluding carboxylic acids is 2. The number of amides is 3. The normalized spacial score (nSPS) is 10.3. The number of allylic oxidation sites excluding steroid dienone is 1. The minimum absolute atomic E-state index is 0.0445. The van der Waals surface area contributed by atoms with Crippen LogP contribution in [0.25, 0.3) is 0 Å². The van der Waals surface area contributed by atoms with E-state index in [1.54, 1.807) is 0 Å². The highest BCUT2D eigenvalue weighted by Crippen LogP contribution is 1.99. The van der Waals surface area contributed by atoms with Crippen LogP contribution >= 0.6 is 0 Å². The van der Waals surface area contributed by atoms with Crippen molar-refractivity contribution in [3.8, 4) is 0 Å². The van der Waals surface area contributed by atoms with Crippen LogP contribution in [0.5, 0.6) is 0 Å². The molecular formula is C12H20N2O4. The van der Waals surface area contributed by atoms with Gasteiger partial charge in [-0.2, -0.15) is 0 Å². The molecule has 3 N–H and O–H groups in total. The van der Waals surface area contributed by atoms with Gasteiger partial charge in [0.25, 0.3) is 0 Å². The summed E-state index contributed by atoms with van der Waals surface area (Å²) in [6.07, 6.45) is 5.62. The Morgan fingerprint density at radius 2 is 1.83 bits per heavy atom. The van der Waals surface area contributed by atoms with Crippen LogP contribution in [0.2, 0.25) is 0 Å². The van der Waals surface area contributed by atoms with E-state index < -0.39 is 12.0 Å². The third-order valence-electron chi connectivity index (χ3n) is 2.13. The van der Waals surface area contributed by atoms with E-state index in [-0.39, 0.29) is 18.7 Å². The first kappa shape index (κ1) is 16.1. The average molecular weight is 256 g/mol. The van der Waals surface area contributed by atoms with Crippen LogP contribution in [0.1, 0.15) is 39.0 Å². The molecule has 6 heteroatoms. The second-order valence-electron chi connectivity index (χ2n) is 3.76. The average Bonchev–Trinajstić information content (AvgIpc) is 2.30. The van der Waals surface area contributed by atoms with Gasteiger partial charge in [-0.15, -0.1) is 0 Å². The van der Waals surface area contributed by atoms with Gasteiger partial charge >= 0.3 is 12.0 Å². The number of hydrogen-bond acceptors (Lipinski definition) is 3. The van der Waals surface area contributed by atoms with E-state index in [1.807, 2.05) is 19.1 Å². The van der Waals surface area contributed by atoms with Gasteiger partial charge < -0.3 is 10.4 Å². The van der Waals surface area contributed by atoms with Crippen molar-refractivity contribution in [1.82, 2.24) is 10.6 Å². The molecule has 0 saturated carbocycles. The number of unbranched alkanes of at least 4 members (excludes halogenated alkanes) is 1. The first-order valence-electron chi connectivity index (χ1n) is 5.97. The van der Waals surface area contributed by atoms with Crippen molar-refractivity contribution >= 4 is 17.9 Å². The highest BCUT2D eigenvalue weighted by atomic mass is 16.4. The molecule has 0 unspecified atom stereocenters. The van der Waals surface area contributed by atoms with Crippen molar-refractivity contribution in [3.05, 3.63) is 12.2 Å². The van der Waals surface area contributed by atoms with Crippen LogP contribution in [0, 0.1) is 0 Å². The van der Waals surface area contributed by atoms with Gasteiger partial charge in [0.05, 0.1) is 0 Å². The molecule has 0 aromatic heterocycles. The Morgan fingerprint density at radius 3 is 2.44 bits per heavy atom. The molecule has 102 valence electrons. The van der Waals surface area contributed by atoms with Gasteiger partial charge in [0.2, 0.25) is 5.91 Å². The molecule has 0 heterocycles. The molecule has 0 aliphatic rings. The molecule has 0 spiro atoms. The van der Waals surface area contributed by atoms with Crippen LogP contribution < -0.4 is 10.6 Å². The summed E-state index contributed by atoms with van der Waals surface area (Å²) in [5, 5.41) is 13.1. The molecule has 0 aliphatic heterocycles. The Labute approximate surface area is 106 Å². The highest BCUT2D eigenvalue weighted by Gasteiger charge is 2.06. The lowest BCUT2D eigenvalue weighted by Crippen LogP contribution is -2.39. The standard InChI is InChI=1S/C12H20N2O4/c1-2-3-6-9-13-12(18)14-10(15)7-4-5-8-11(16)17/h2-3H,4-9H2,1H3,(H,16,17)(H2,13,14,15,18)/b3-2+. The van der Waals surface area contributed by atoms with E-state index >= 15 is 0 Å². The second-order valence-corrected chi connectivity index (χ2v) is 3.76. The minimum Gasteiger partial charge on any atom is -0.481 e. The molecule has 3 amide bonds. The number of carboxylic acid groups (broad SMARTS) is 1. The fourth-order valence-electron chi connectivity index (χ4n) is 1.23. The molecule has 0 fully saturated rings. The van der Waals surface area contributed by atoms with Crippen LogP contribution in [0.4, 0.5) is 4.79 Å². The number of carboxylic acids is 1. The van der Waals surface area contributed by atoms with Crippen LogP contribution in [0.15, 0.2) is 12.2 Å². The van der Waals surface area contributed by atoms with Gasteiger partial charge in [-0.1, -0.05) is 12.2 Å². The zero-order chi connectivity index (χ0) is 13.8. The van der Waals surface area contributed by atoms with Gasteiger partial charge in [-0.3, -0.25) is 14.9 Å². The van der Waals surface area contributed by atoms with E-state index in [2.05, 4.69) is 10.6 Å². The van der Waals surface area contributed by atoms with Crippen LogP contribution in [-0.2, 0) is 9.59 Å². The monoisotopic (exact) mass is 256 g/mol. The Bertz CT molecular complexity index is 313. The largest absolute Gasteiger partial charge is 0.481 e. The molecule has 0 saturated heterocycles. The summed E-state index contributed by atoms with van der Waals surface area (Å²) in [6, 6.07) is -0.511. The second kappa shape index (κ2) is 10.3. The summed E-state index contributed by atoms with van der Waals surface area (Å²) < 4.78 is 0. The Kier molecular flexibility index (Phi) is 9.25. The molecule has 0 aliphatic carbocycles. The van der Waals surface area contributed by atoms with Crippen molar-refractivity contribution in [2.45, 2.75) is 39.0 Å². The topological polar surface area (TPSA) is 95.5 Å². The van der Waals surface area contributed by atoms with Crippen molar-refractivity contribution in [3.63, 3.8) is 0 Å². The number of nitrogens with one attached hydrogen (secondary N) is 2. The Hall–Kier alpha value is -1.85. The molecule has 0 radical (unpaired) electrons. The predicted octanol–water partition coefficient (Wildman–Crippen LogP) is 1.42. The van der Waals surface area contributed by atoms with Crippen molar-refractivity contribution in [1.29, 1.82) is 0 Å². The number of imide groups is 1. The van der Waals surface area contributed by atoms with E-state index in [1.165, 1.54) is 0 Å². The quantitative estimate of drug-likeness (QED) is 0.452. The third kappa shape index (κ3) is 10.7. The van der Waals surface area contributed by atoms with E-state index in [0.29, 0.717) is 19.4 Å². The fourth-order valence-corrected chi connectivity index (χ4v) is 1.23. The molecule has 0 atom stereocenters. The number of carbonyl (C=O) groups is 3. The van der Waals surface area contributed by atoms with Gasteiger partial charge in [-0.25, -0.2) is 4.79 Å². The number of aliphatic carboxylic acids is 1. The summed E-state index contributed by atoms with van der Waals surface area (Å²) in [5.74, 6) is -1.26. The van der Waals surface area contributed by atoms with Crippen molar-refractivity contribution in [2.24, 2.45) is 0 Å². The molecule has 18 heavy (non-hydrogen) atoms. The number of hydrogen-bond donors (Lipinski definition) is 3. The predicted molar refractivity (Wildman–Crippen MR) is 67.1 cm³/mol. The fraction of sp³-hybridized carbons (Fsp3) is 0.583. The maximum Gasteiger partial charge on any atom is 0.321 e. The summed E-state index contributed by atoms with van der Waals surface area (Å²) >= 11 is 0. The van der Waals surface area contributed by atoms with Gasteiger partial charge in [0.15, 0.2) is 0 Å². The van der Waals surface area contributed by atoms with Crippen molar-refractivity contribution < 1.29 is 19.5 Å². The van der Waals surface area contributed by atoms with E-state index in [4.69, 9.17) is 5.11 Å². The zero-order valence-corrected chi connectivity index (χ0v) is 10.6. The van der Waals surface area contributed by atoms with E-state index in [0.717, 1.165) is 6.42 Å².